The number of carbonyl (C=O) groups is 2. The molecule has 4 heteroatoms. The number of allylic oxidation sites excluding steroid dienone is 8. The minimum atomic E-state index is -0.152. The number of methoxy groups -OCH3 is 2. The van der Waals surface area contributed by atoms with Gasteiger partial charge in [0.1, 0.15) is 11.5 Å². The van der Waals surface area contributed by atoms with Crippen molar-refractivity contribution in [3.63, 3.8) is 0 Å². The van der Waals surface area contributed by atoms with Crippen molar-refractivity contribution in [2.75, 3.05) is 14.2 Å². The standard InChI is InChI=1S/C18H20O4/c1-9-11(3)17(19)13(7-15(9)21-5)14-8-16(22-6)10(2)12(4)18(14)20/h7-8H,1-6H3/b14-13+. The van der Waals surface area contributed by atoms with E-state index in [4.69, 9.17) is 9.47 Å². The maximum atomic E-state index is 12.6. The lowest BCUT2D eigenvalue weighted by atomic mass is 9.84. The first-order valence-electron chi connectivity index (χ1n) is 7.04. The smallest absolute Gasteiger partial charge is 0.190 e. The molecular formula is C18H20O4. The van der Waals surface area contributed by atoms with Gasteiger partial charge < -0.3 is 9.47 Å². The lowest BCUT2D eigenvalue weighted by molar-refractivity contribution is -0.114. The summed E-state index contributed by atoms with van der Waals surface area (Å²) in [6.07, 6.45) is 3.27. The zero-order chi connectivity index (χ0) is 16.6. The molecule has 0 aromatic heterocycles. The Labute approximate surface area is 130 Å². The fraction of sp³-hybridized carbons (Fsp3) is 0.333. The molecular weight excluding hydrogens is 280 g/mol. The van der Waals surface area contributed by atoms with Crippen LogP contribution in [0, 0.1) is 0 Å². The zero-order valence-electron chi connectivity index (χ0n) is 13.8. The quantitative estimate of drug-likeness (QED) is 0.735. The second-order valence-electron chi connectivity index (χ2n) is 5.41. The second kappa shape index (κ2) is 5.79. The van der Waals surface area contributed by atoms with Gasteiger partial charge in [-0.15, -0.1) is 0 Å². The first-order chi connectivity index (χ1) is 10.3. The molecule has 0 saturated carbocycles. The van der Waals surface area contributed by atoms with Crippen molar-refractivity contribution < 1.29 is 19.1 Å². The average molecular weight is 300 g/mol. The number of rotatable bonds is 2. The van der Waals surface area contributed by atoms with E-state index in [-0.39, 0.29) is 11.6 Å². The van der Waals surface area contributed by atoms with E-state index in [1.807, 2.05) is 13.8 Å². The normalized spacial score (nSPS) is 22.8. The predicted octanol–water partition coefficient (Wildman–Crippen LogP) is 3.18. The van der Waals surface area contributed by atoms with Crippen LogP contribution in [0.4, 0.5) is 0 Å². The van der Waals surface area contributed by atoms with Crippen molar-refractivity contribution in [3.05, 3.63) is 57.1 Å². The molecule has 2 aliphatic carbocycles. The van der Waals surface area contributed by atoms with Crippen LogP contribution in [0.1, 0.15) is 27.7 Å². The van der Waals surface area contributed by atoms with Crippen molar-refractivity contribution in [1.29, 1.82) is 0 Å². The molecule has 0 fully saturated rings. The van der Waals surface area contributed by atoms with Gasteiger partial charge in [-0.05, 0) is 51.0 Å². The summed E-state index contributed by atoms with van der Waals surface area (Å²) in [5, 5.41) is 0. The third-order valence-corrected chi connectivity index (χ3v) is 4.32. The molecule has 22 heavy (non-hydrogen) atoms. The Morgan fingerprint density at radius 1 is 0.636 bits per heavy atom. The van der Waals surface area contributed by atoms with E-state index in [0.717, 1.165) is 11.1 Å². The minimum Gasteiger partial charge on any atom is -0.496 e. The van der Waals surface area contributed by atoms with E-state index in [2.05, 4.69) is 0 Å². The Morgan fingerprint density at radius 2 is 0.955 bits per heavy atom. The molecule has 0 spiro atoms. The summed E-state index contributed by atoms with van der Waals surface area (Å²) in [6.45, 7) is 7.15. The van der Waals surface area contributed by atoms with Gasteiger partial charge in [-0.2, -0.15) is 0 Å². The van der Waals surface area contributed by atoms with Gasteiger partial charge in [0, 0.05) is 22.3 Å². The molecule has 0 atom stereocenters. The van der Waals surface area contributed by atoms with E-state index >= 15 is 0 Å². The van der Waals surface area contributed by atoms with Crippen molar-refractivity contribution in [3.8, 4) is 0 Å². The topological polar surface area (TPSA) is 52.6 Å². The summed E-state index contributed by atoms with van der Waals surface area (Å²) in [6, 6.07) is 0. The summed E-state index contributed by atoms with van der Waals surface area (Å²) in [4.78, 5) is 25.1. The number of hydrogen-bond acceptors (Lipinski definition) is 4. The molecule has 116 valence electrons. The molecule has 0 aliphatic heterocycles. The fourth-order valence-electron chi connectivity index (χ4n) is 2.55. The van der Waals surface area contributed by atoms with Gasteiger partial charge in [0.2, 0.25) is 0 Å². The molecule has 2 rings (SSSR count). The molecule has 0 amide bonds. The maximum absolute atomic E-state index is 12.6. The van der Waals surface area contributed by atoms with Crippen molar-refractivity contribution in [2.45, 2.75) is 27.7 Å². The molecule has 0 bridgehead atoms. The summed E-state index contributed by atoms with van der Waals surface area (Å²) in [5.74, 6) is 0.897. The van der Waals surface area contributed by atoms with Gasteiger partial charge in [0.15, 0.2) is 11.6 Å². The van der Waals surface area contributed by atoms with Crippen molar-refractivity contribution >= 4 is 11.6 Å². The summed E-state index contributed by atoms with van der Waals surface area (Å²) in [5.41, 5.74) is 3.47. The second-order valence-corrected chi connectivity index (χ2v) is 5.41. The minimum absolute atomic E-state index is 0.152. The Kier molecular flexibility index (Phi) is 4.22. The molecule has 0 N–H and O–H groups in total. The first-order valence-corrected chi connectivity index (χ1v) is 7.04. The highest BCUT2D eigenvalue weighted by Crippen LogP contribution is 2.33. The molecule has 0 saturated heterocycles. The molecule has 0 aromatic carbocycles. The molecule has 0 heterocycles. The average Bonchev–Trinajstić information content (AvgIpc) is 2.52. The number of carbonyl (C=O) groups excluding carboxylic acids is 2. The van der Waals surface area contributed by atoms with E-state index in [0.29, 0.717) is 33.8 Å². The predicted molar refractivity (Wildman–Crippen MR) is 84.0 cm³/mol. The Balaban J connectivity index is 2.70. The van der Waals surface area contributed by atoms with Gasteiger partial charge >= 0.3 is 0 Å². The molecule has 0 aromatic rings. The number of ketones is 2. The highest BCUT2D eigenvalue weighted by Gasteiger charge is 2.29. The Hall–Kier alpha value is -2.36. The SMILES string of the molecule is COC1=C/C(=C2/C=C(OC)C(C)=C(C)C2=O)C(=O)C(C)=C1C. The van der Waals surface area contributed by atoms with Gasteiger partial charge in [0.25, 0.3) is 0 Å². The van der Waals surface area contributed by atoms with E-state index < -0.39 is 0 Å². The lowest BCUT2D eigenvalue weighted by Gasteiger charge is -2.22. The van der Waals surface area contributed by atoms with Crippen LogP contribution in [0.15, 0.2) is 57.1 Å². The summed E-state index contributed by atoms with van der Waals surface area (Å²) >= 11 is 0. The first kappa shape index (κ1) is 16.0. The van der Waals surface area contributed by atoms with Crippen molar-refractivity contribution in [2.24, 2.45) is 0 Å². The summed E-state index contributed by atoms with van der Waals surface area (Å²) < 4.78 is 10.6. The molecule has 2 aliphatic rings. The van der Waals surface area contributed by atoms with Gasteiger partial charge in [-0.1, -0.05) is 0 Å². The zero-order valence-corrected chi connectivity index (χ0v) is 13.8. The molecule has 0 radical (unpaired) electrons. The lowest BCUT2D eigenvalue weighted by Crippen LogP contribution is -2.20. The maximum Gasteiger partial charge on any atom is 0.190 e. The van der Waals surface area contributed by atoms with Crippen LogP contribution in [0.3, 0.4) is 0 Å². The third-order valence-electron chi connectivity index (χ3n) is 4.32. The van der Waals surface area contributed by atoms with Crippen LogP contribution < -0.4 is 0 Å². The van der Waals surface area contributed by atoms with Crippen LogP contribution in [0.2, 0.25) is 0 Å². The van der Waals surface area contributed by atoms with Crippen LogP contribution >= 0.6 is 0 Å². The number of ether oxygens (including phenoxy) is 2. The van der Waals surface area contributed by atoms with Crippen LogP contribution in [0.25, 0.3) is 0 Å². The molecule has 0 unspecified atom stereocenters. The summed E-state index contributed by atoms with van der Waals surface area (Å²) in [7, 11) is 3.10. The van der Waals surface area contributed by atoms with Crippen LogP contribution in [0.5, 0.6) is 0 Å². The van der Waals surface area contributed by atoms with Crippen molar-refractivity contribution in [1.82, 2.24) is 0 Å². The Morgan fingerprint density at radius 3 is 1.23 bits per heavy atom. The van der Waals surface area contributed by atoms with Gasteiger partial charge in [0.05, 0.1) is 14.2 Å². The highest BCUT2D eigenvalue weighted by molar-refractivity contribution is 6.21. The monoisotopic (exact) mass is 300 g/mol. The van der Waals surface area contributed by atoms with Crippen LogP contribution in [-0.4, -0.2) is 25.8 Å². The third kappa shape index (κ3) is 2.34. The van der Waals surface area contributed by atoms with Crippen LogP contribution in [-0.2, 0) is 19.1 Å². The Bertz CT molecular complexity index is 662. The highest BCUT2D eigenvalue weighted by atomic mass is 16.5. The van der Waals surface area contributed by atoms with Gasteiger partial charge in [-0.25, -0.2) is 0 Å². The largest absolute Gasteiger partial charge is 0.496 e. The van der Waals surface area contributed by atoms with E-state index in [9.17, 15) is 9.59 Å². The van der Waals surface area contributed by atoms with E-state index in [1.165, 1.54) is 0 Å². The van der Waals surface area contributed by atoms with E-state index in [1.54, 1.807) is 40.2 Å². The number of hydrogen-bond donors (Lipinski definition) is 0. The molecule has 4 nitrogen and oxygen atoms in total. The fourth-order valence-corrected chi connectivity index (χ4v) is 2.55. The number of Topliss-reactive ketones (excluding diaryl/α,β-unsaturated/α-hetero) is 2. The van der Waals surface area contributed by atoms with Gasteiger partial charge in [-0.3, -0.25) is 9.59 Å².